The van der Waals surface area contributed by atoms with Crippen LogP contribution in [0.3, 0.4) is 0 Å². The number of phenolic OH excluding ortho intramolecular Hbond substituents is 1. The van der Waals surface area contributed by atoms with Crippen LogP contribution < -0.4 is 0 Å². The third kappa shape index (κ3) is 2.94. The lowest BCUT2D eigenvalue weighted by molar-refractivity contribution is -0.0177. The molecular formula is C19H23N3O. The number of hydrogen-bond donors (Lipinski definition) is 2. The standard InChI is InChI=1S/C19H23N3O/c1-3-9-19(10-4-2)11-12-22(19)14-16-13-20-21-18(16)15-5-7-17(23)8-6-15/h3-8,13,23H,1-2,9-12,14H2,(H,20,21). The van der Waals surface area contributed by atoms with Gasteiger partial charge in [0.1, 0.15) is 5.75 Å². The minimum Gasteiger partial charge on any atom is -0.508 e. The summed E-state index contributed by atoms with van der Waals surface area (Å²) in [5.41, 5.74) is 3.39. The molecule has 1 aliphatic rings. The van der Waals surface area contributed by atoms with E-state index in [1.807, 2.05) is 30.5 Å². The molecule has 0 aliphatic carbocycles. The molecule has 1 aromatic heterocycles. The molecule has 2 aromatic rings. The van der Waals surface area contributed by atoms with Crippen LogP contribution in [0.15, 0.2) is 55.8 Å². The second kappa shape index (κ2) is 6.42. The van der Waals surface area contributed by atoms with Crippen LogP contribution in [0.5, 0.6) is 5.75 Å². The van der Waals surface area contributed by atoms with Crippen molar-refractivity contribution in [3.8, 4) is 17.0 Å². The summed E-state index contributed by atoms with van der Waals surface area (Å²) in [5.74, 6) is 0.272. The second-order valence-corrected chi connectivity index (χ2v) is 6.20. The summed E-state index contributed by atoms with van der Waals surface area (Å²) in [5, 5.41) is 16.8. The zero-order chi connectivity index (χ0) is 16.3. The van der Waals surface area contributed by atoms with Crippen molar-refractivity contribution in [3.05, 3.63) is 61.3 Å². The SMILES string of the molecule is C=CCC1(CC=C)CCN1Cc1cn[nH]c1-c1ccc(O)cc1. The van der Waals surface area contributed by atoms with E-state index in [2.05, 4.69) is 28.3 Å². The van der Waals surface area contributed by atoms with Crippen molar-refractivity contribution in [1.82, 2.24) is 15.1 Å². The molecule has 0 spiro atoms. The number of nitrogens with zero attached hydrogens (tertiary/aromatic N) is 2. The number of benzene rings is 1. The van der Waals surface area contributed by atoms with Crippen LogP contribution >= 0.6 is 0 Å². The lowest BCUT2D eigenvalue weighted by Crippen LogP contribution is -2.58. The third-order valence-electron chi connectivity index (χ3n) is 4.80. The van der Waals surface area contributed by atoms with E-state index in [9.17, 15) is 5.11 Å². The van der Waals surface area contributed by atoms with Crippen LogP contribution in [0.2, 0.25) is 0 Å². The van der Waals surface area contributed by atoms with Gasteiger partial charge in [-0.3, -0.25) is 10.00 Å². The van der Waals surface area contributed by atoms with E-state index in [0.29, 0.717) is 0 Å². The first-order chi connectivity index (χ1) is 11.2. The van der Waals surface area contributed by atoms with Gasteiger partial charge in [0.2, 0.25) is 0 Å². The highest BCUT2D eigenvalue weighted by Crippen LogP contribution is 2.39. The molecule has 0 saturated carbocycles. The molecule has 1 aliphatic heterocycles. The summed E-state index contributed by atoms with van der Waals surface area (Å²) in [4.78, 5) is 2.49. The quantitative estimate of drug-likeness (QED) is 0.763. The van der Waals surface area contributed by atoms with E-state index in [4.69, 9.17) is 0 Å². The minimum atomic E-state index is 0.160. The zero-order valence-electron chi connectivity index (χ0n) is 13.3. The van der Waals surface area contributed by atoms with Crippen molar-refractivity contribution < 1.29 is 5.11 Å². The van der Waals surface area contributed by atoms with E-state index in [0.717, 1.165) is 37.2 Å². The monoisotopic (exact) mass is 309 g/mol. The Kier molecular flexibility index (Phi) is 4.35. The summed E-state index contributed by atoms with van der Waals surface area (Å²) >= 11 is 0. The van der Waals surface area contributed by atoms with E-state index in [1.165, 1.54) is 12.0 Å². The van der Waals surface area contributed by atoms with E-state index >= 15 is 0 Å². The molecule has 2 N–H and O–H groups in total. The number of rotatable bonds is 7. The Morgan fingerprint density at radius 2 is 1.91 bits per heavy atom. The van der Waals surface area contributed by atoms with E-state index < -0.39 is 0 Å². The molecule has 1 aromatic carbocycles. The number of hydrogen-bond acceptors (Lipinski definition) is 3. The van der Waals surface area contributed by atoms with Crippen molar-refractivity contribution in [2.45, 2.75) is 31.3 Å². The maximum Gasteiger partial charge on any atom is 0.115 e. The van der Waals surface area contributed by atoms with Crippen molar-refractivity contribution in [3.63, 3.8) is 0 Å². The average Bonchev–Trinajstić information content (AvgIpc) is 3.00. The van der Waals surface area contributed by atoms with Gasteiger partial charge in [-0.15, -0.1) is 13.2 Å². The molecule has 4 nitrogen and oxygen atoms in total. The molecule has 0 atom stereocenters. The predicted molar refractivity (Wildman–Crippen MR) is 93.1 cm³/mol. The van der Waals surface area contributed by atoms with Gasteiger partial charge in [-0.05, 0) is 43.5 Å². The number of phenols is 1. The fourth-order valence-corrected chi connectivity index (χ4v) is 3.43. The topological polar surface area (TPSA) is 52.2 Å². The molecule has 1 saturated heterocycles. The second-order valence-electron chi connectivity index (χ2n) is 6.20. The number of aromatic hydroxyl groups is 1. The smallest absolute Gasteiger partial charge is 0.115 e. The molecule has 3 rings (SSSR count). The zero-order valence-corrected chi connectivity index (χ0v) is 13.3. The number of aromatic nitrogens is 2. The Morgan fingerprint density at radius 3 is 2.48 bits per heavy atom. The molecule has 0 amide bonds. The van der Waals surface area contributed by atoms with Gasteiger partial charge in [-0.2, -0.15) is 5.10 Å². The predicted octanol–water partition coefficient (Wildman–Crippen LogP) is 3.88. The third-order valence-corrected chi connectivity index (χ3v) is 4.80. The maximum atomic E-state index is 9.45. The molecule has 4 heteroatoms. The van der Waals surface area contributed by atoms with Crippen molar-refractivity contribution in [2.75, 3.05) is 6.54 Å². The molecule has 1 fully saturated rings. The van der Waals surface area contributed by atoms with Crippen LogP contribution in [0.25, 0.3) is 11.3 Å². The van der Waals surface area contributed by atoms with Gasteiger partial charge < -0.3 is 5.11 Å². The summed E-state index contributed by atoms with van der Waals surface area (Å²) in [7, 11) is 0. The highest BCUT2D eigenvalue weighted by Gasteiger charge is 2.42. The van der Waals surface area contributed by atoms with Crippen molar-refractivity contribution in [2.24, 2.45) is 0 Å². The number of nitrogens with one attached hydrogen (secondary N) is 1. The van der Waals surface area contributed by atoms with E-state index in [-0.39, 0.29) is 11.3 Å². The van der Waals surface area contributed by atoms with Crippen LogP contribution in [0.1, 0.15) is 24.8 Å². The molecule has 120 valence electrons. The van der Waals surface area contributed by atoms with Crippen molar-refractivity contribution >= 4 is 0 Å². The van der Waals surface area contributed by atoms with Gasteiger partial charge in [-0.25, -0.2) is 0 Å². The van der Waals surface area contributed by atoms with Gasteiger partial charge in [0.15, 0.2) is 0 Å². The molecule has 0 bridgehead atoms. The average molecular weight is 309 g/mol. The Balaban J connectivity index is 1.81. The lowest BCUT2D eigenvalue weighted by atomic mass is 9.78. The first-order valence-corrected chi connectivity index (χ1v) is 7.97. The van der Waals surface area contributed by atoms with Gasteiger partial charge in [0, 0.05) is 29.8 Å². The van der Waals surface area contributed by atoms with Gasteiger partial charge in [0.25, 0.3) is 0 Å². The van der Waals surface area contributed by atoms with E-state index in [1.54, 1.807) is 12.1 Å². The van der Waals surface area contributed by atoms with Crippen LogP contribution in [0.4, 0.5) is 0 Å². The minimum absolute atomic E-state index is 0.160. The van der Waals surface area contributed by atoms with Crippen LogP contribution in [-0.4, -0.2) is 32.3 Å². The van der Waals surface area contributed by atoms with Gasteiger partial charge in [0.05, 0.1) is 11.9 Å². The number of aromatic amines is 1. The first-order valence-electron chi connectivity index (χ1n) is 7.97. The summed E-state index contributed by atoms with van der Waals surface area (Å²) in [6.07, 6.45) is 9.04. The van der Waals surface area contributed by atoms with Gasteiger partial charge >= 0.3 is 0 Å². The highest BCUT2D eigenvalue weighted by atomic mass is 16.3. The molecule has 2 heterocycles. The Hall–Kier alpha value is -2.33. The van der Waals surface area contributed by atoms with Crippen molar-refractivity contribution in [1.29, 1.82) is 0 Å². The first kappa shape index (κ1) is 15.6. The molecule has 0 radical (unpaired) electrons. The summed E-state index contributed by atoms with van der Waals surface area (Å²) in [6.45, 7) is 9.76. The maximum absolute atomic E-state index is 9.45. The van der Waals surface area contributed by atoms with Gasteiger partial charge in [-0.1, -0.05) is 12.2 Å². The summed E-state index contributed by atoms with van der Waals surface area (Å²) in [6, 6.07) is 7.21. The van der Waals surface area contributed by atoms with Crippen LogP contribution in [0, 0.1) is 0 Å². The Labute approximate surface area is 137 Å². The normalized spacial score (nSPS) is 16.7. The Bertz CT molecular complexity index is 677. The number of H-pyrrole nitrogens is 1. The highest BCUT2D eigenvalue weighted by molar-refractivity contribution is 5.63. The summed E-state index contributed by atoms with van der Waals surface area (Å²) < 4.78 is 0. The van der Waals surface area contributed by atoms with Crippen LogP contribution in [-0.2, 0) is 6.54 Å². The number of likely N-dealkylation sites (tertiary alicyclic amines) is 1. The fourth-order valence-electron chi connectivity index (χ4n) is 3.43. The Morgan fingerprint density at radius 1 is 1.22 bits per heavy atom. The largest absolute Gasteiger partial charge is 0.508 e. The molecule has 23 heavy (non-hydrogen) atoms. The fraction of sp³-hybridized carbons (Fsp3) is 0.316. The molecular weight excluding hydrogens is 286 g/mol. The molecule has 0 unspecified atom stereocenters. The lowest BCUT2D eigenvalue weighted by Gasteiger charge is -2.52.